The van der Waals surface area contributed by atoms with Crippen LogP contribution < -0.4 is 5.32 Å². The lowest BCUT2D eigenvalue weighted by Crippen LogP contribution is -2.16. The highest BCUT2D eigenvalue weighted by molar-refractivity contribution is 6.33. The zero-order chi connectivity index (χ0) is 17.1. The van der Waals surface area contributed by atoms with Crippen LogP contribution in [-0.4, -0.2) is 31.7 Å². The molecule has 120 valence electrons. The summed E-state index contributed by atoms with van der Waals surface area (Å²) >= 11 is 6.21. The summed E-state index contributed by atoms with van der Waals surface area (Å²) in [6.45, 7) is 0. The topological polar surface area (TPSA) is 97.1 Å². The number of para-hydroxylation sites is 1. The molecule has 0 aliphatic heterocycles. The Bertz CT molecular complexity index is 892. The number of aromatic nitrogens is 3. The van der Waals surface area contributed by atoms with Crippen molar-refractivity contribution in [1.29, 1.82) is 0 Å². The number of carbonyl (C=O) groups is 2. The van der Waals surface area contributed by atoms with Crippen molar-refractivity contribution in [1.82, 2.24) is 14.8 Å². The Morgan fingerprint density at radius 3 is 2.62 bits per heavy atom. The number of amides is 1. The molecule has 3 aromatic rings. The molecule has 0 aliphatic rings. The molecule has 0 unspecified atom stereocenters. The van der Waals surface area contributed by atoms with Gasteiger partial charge in [-0.2, -0.15) is 5.10 Å². The molecule has 0 aliphatic carbocycles. The minimum absolute atomic E-state index is 0.00605. The predicted molar refractivity (Wildman–Crippen MR) is 87.7 cm³/mol. The molecule has 2 aromatic heterocycles. The van der Waals surface area contributed by atoms with Crippen molar-refractivity contribution in [2.75, 3.05) is 5.32 Å². The fourth-order valence-electron chi connectivity index (χ4n) is 2.09. The molecule has 2 N–H and O–H groups in total. The Morgan fingerprint density at radius 1 is 1.17 bits per heavy atom. The second-order valence-corrected chi connectivity index (χ2v) is 5.19. The molecule has 0 atom stereocenters. The van der Waals surface area contributed by atoms with Crippen LogP contribution in [0.1, 0.15) is 20.8 Å². The molecule has 1 aromatic carbocycles. The first kappa shape index (κ1) is 15.7. The van der Waals surface area contributed by atoms with E-state index in [1.165, 1.54) is 12.1 Å². The minimum Gasteiger partial charge on any atom is -0.478 e. The Morgan fingerprint density at radius 2 is 2.00 bits per heavy atom. The quantitative estimate of drug-likeness (QED) is 0.759. The van der Waals surface area contributed by atoms with Gasteiger partial charge in [0.1, 0.15) is 11.4 Å². The molecule has 0 bridgehead atoms. The van der Waals surface area contributed by atoms with Crippen molar-refractivity contribution in [2.24, 2.45) is 0 Å². The van der Waals surface area contributed by atoms with Crippen LogP contribution in [0.5, 0.6) is 0 Å². The first-order valence-corrected chi connectivity index (χ1v) is 7.23. The first-order valence-electron chi connectivity index (χ1n) is 6.85. The lowest BCUT2D eigenvalue weighted by Gasteiger charge is -2.12. The van der Waals surface area contributed by atoms with Crippen molar-refractivity contribution in [3.63, 3.8) is 0 Å². The monoisotopic (exact) mass is 342 g/mol. The number of benzene rings is 1. The van der Waals surface area contributed by atoms with E-state index in [9.17, 15) is 9.59 Å². The molecule has 24 heavy (non-hydrogen) atoms. The average Bonchev–Trinajstić information content (AvgIpc) is 3.09. The van der Waals surface area contributed by atoms with Gasteiger partial charge in [0.2, 0.25) is 0 Å². The molecule has 2 heterocycles. The van der Waals surface area contributed by atoms with E-state index >= 15 is 0 Å². The highest BCUT2D eigenvalue weighted by Gasteiger charge is 2.15. The van der Waals surface area contributed by atoms with Gasteiger partial charge >= 0.3 is 5.97 Å². The van der Waals surface area contributed by atoms with Gasteiger partial charge in [0.05, 0.1) is 16.3 Å². The number of nitrogens with one attached hydrogen (secondary N) is 1. The summed E-state index contributed by atoms with van der Waals surface area (Å²) in [6.07, 6.45) is 4.43. The maximum absolute atomic E-state index is 12.3. The number of aromatic carboxylic acids is 1. The van der Waals surface area contributed by atoms with Gasteiger partial charge in [-0.15, -0.1) is 0 Å². The fourth-order valence-corrected chi connectivity index (χ4v) is 2.35. The Hall–Kier alpha value is -3.19. The molecule has 8 heteroatoms. The standard InChI is InChI=1S/C16H11ClN4O3/c17-11-3-1-4-12(14(11)21-8-2-7-19-21)20-15(22)13-6-5-10(9-18-13)16(23)24/h1-9H,(H,20,22)(H,23,24). The van der Waals surface area contributed by atoms with Crippen molar-refractivity contribution in [3.8, 4) is 5.69 Å². The van der Waals surface area contributed by atoms with Crippen LogP contribution in [0.4, 0.5) is 5.69 Å². The van der Waals surface area contributed by atoms with Gasteiger partial charge in [-0.1, -0.05) is 17.7 Å². The minimum atomic E-state index is -1.11. The summed E-state index contributed by atoms with van der Waals surface area (Å²) in [6, 6.07) is 9.47. The third-order valence-electron chi connectivity index (χ3n) is 3.21. The molecule has 0 fully saturated rings. The van der Waals surface area contributed by atoms with Gasteiger partial charge in [-0.05, 0) is 30.3 Å². The summed E-state index contributed by atoms with van der Waals surface area (Å²) in [4.78, 5) is 27.0. The van der Waals surface area contributed by atoms with Gasteiger partial charge < -0.3 is 10.4 Å². The van der Waals surface area contributed by atoms with Crippen LogP contribution in [-0.2, 0) is 0 Å². The van der Waals surface area contributed by atoms with Crippen LogP contribution >= 0.6 is 11.6 Å². The van der Waals surface area contributed by atoms with E-state index in [1.54, 1.807) is 41.3 Å². The van der Waals surface area contributed by atoms with Crippen molar-refractivity contribution in [3.05, 3.63) is 71.3 Å². The summed E-state index contributed by atoms with van der Waals surface area (Å²) in [5.41, 5.74) is 1.08. The summed E-state index contributed by atoms with van der Waals surface area (Å²) < 4.78 is 1.54. The van der Waals surface area contributed by atoms with Gasteiger partial charge in [0, 0.05) is 18.6 Å². The van der Waals surface area contributed by atoms with Crippen LogP contribution in [0.2, 0.25) is 5.02 Å². The van der Waals surface area contributed by atoms with Crippen molar-refractivity contribution in [2.45, 2.75) is 0 Å². The normalized spacial score (nSPS) is 10.4. The van der Waals surface area contributed by atoms with E-state index in [-0.39, 0.29) is 11.3 Å². The Kier molecular flexibility index (Phi) is 4.26. The second kappa shape index (κ2) is 6.51. The SMILES string of the molecule is O=C(O)c1ccc(C(=O)Nc2cccc(Cl)c2-n2cccn2)nc1. The molecule has 0 spiro atoms. The van der Waals surface area contributed by atoms with Gasteiger partial charge in [0.25, 0.3) is 5.91 Å². The molecule has 3 rings (SSSR count). The predicted octanol–water partition coefficient (Wildman–Crippen LogP) is 2.87. The maximum Gasteiger partial charge on any atom is 0.337 e. The summed E-state index contributed by atoms with van der Waals surface area (Å²) in [5, 5.41) is 16.1. The zero-order valence-electron chi connectivity index (χ0n) is 12.2. The molecule has 0 radical (unpaired) electrons. The van der Waals surface area contributed by atoms with E-state index in [2.05, 4.69) is 15.4 Å². The highest BCUT2D eigenvalue weighted by atomic mass is 35.5. The molecule has 1 amide bonds. The van der Waals surface area contributed by atoms with Crippen molar-refractivity contribution < 1.29 is 14.7 Å². The number of carboxylic acids is 1. The number of nitrogens with zero attached hydrogens (tertiary/aromatic N) is 3. The van der Waals surface area contributed by atoms with Crippen LogP contribution in [0.25, 0.3) is 5.69 Å². The molecule has 0 saturated heterocycles. The van der Waals surface area contributed by atoms with E-state index in [1.807, 2.05) is 0 Å². The maximum atomic E-state index is 12.3. The highest BCUT2D eigenvalue weighted by Crippen LogP contribution is 2.28. The Labute approximate surface area is 141 Å². The van der Waals surface area contributed by atoms with Crippen molar-refractivity contribution >= 4 is 29.2 Å². The summed E-state index contributed by atoms with van der Waals surface area (Å²) in [5.74, 6) is -1.59. The molecule has 7 nitrogen and oxygen atoms in total. The number of pyridine rings is 1. The van der Waals surface area contributed by atoms with Crippen LogP contribution in [0.15, 0.2) is 55.0 Å². The molecular formula is C16H11ClN4O3. The first-order chi connectivity index (χ1) is 11.6. The smallest absolute Gasteiger partial charge is 0.337 e. The van der Waals surface area contributed by atoms with E-state index in [0.29, 0.717) is 16.4 Å². The van der Waals surface area contributed by atoms with E-state index in [4.69, 9.17) is 16.7 Å². The van der Waals surface area contributed by atoms with E-state index < -0.39 is 11.9 Å². The number of rotatable bonds is 4. The van der Waals surface area contributed by atoms with Gasteiger partial charge in [0.15, 0.2) is 0 Å². The summed E-state index contributed by atoms with van der Waals surface area (Å²) in [7, 11) is 0. The second-order valence-electron chi connectivity index (χ2n) is 4.78. The van der Waals surface area contributed by atoms with Crippen LogP contribution in [0, 0.1) is 0 Å². The molecule has 0 saturated carbocycles. The number of hydrogen-bond acceptors (Lipinski definition) is 4. The number of carbonyl (C=O) groups excluding carboxylic acids is 1. The zero-order valence-corrected chi connectivity index (χ0v) is 12.9. The van der Waals surface area contributed by atoms with E-state index in [0.717, 1.165) is 6.20 Å². The number of halogens is 1. The largest absolute Gasteiger partial charge is 0.478 e. The lowest BCUT2D eigenvalue weighted by molar-refractivity contribution is 0.0696. The number of carboxylic acid groups (broad SMARTS) is 1. The van der Waals surface area contributed by atoms with Gasteiger partial charge in [-0.3, -0.25) is 9.78 Å². The Balaban J connectivity index is 1.90. The van der Waals surface area contributed by atoms with Gasteiger partial charge in [-0.25, -0.2) is 9.48 Å². The third kappa shape index (κ3) is 3.11. The van der Waals surface area contributed by atoms with Crippen LogP contribution in [0.3, 0.4) is 0 Å². The lowest BCUT2D eigenvalue weighted by atomic mass is 10.2. The molecular weight excluding hydrogens is 332 g/mol. The number of anilines is 1. The number of hydrogen-bond donors (Lipinski definition) is 2. The third-order valence-corrected chi connectivity index (χ3v) is 3.52. The fraction of sp³-hybridized carbons (Fsp3) is 0. The average molecular weight is 343 g/mol.